The van der Waals surface area contributed by atoms with Gasteiger partial charge in [-0.1, -0.05) is 11.6 Å². The predicted molar refractivity (Wildman–Crippen MR) is 56.9 cm³/mol. The first-order valence-electron chi connectivity index (χ1n) is 4.10. The minimum atomic E-state index is 0.588. The fourth-order valence-corrected chi connectivity index (χ4v) is 1.35. The number of rotatable bonds is 1. The Balaban J connectivity index is 2.57. The van der Waals surface area contributed by atoms with Gasteiger partial charge in [0, 0.05) is 23.6 Å². The molecule has 1 aromatic heterocycles. The molecule has 2 N–H and O–H groups in total. The lowest BCUT2D eigenvalue weighted by molar-refractivity contribution is 1.18. The minimum absolute atomic E-state index is 0.588. The molecule has 0 amide bonds. The molecule has 14 heavy (non-hydrogen) atoms. The van der Waals surface area contributed by atoms with E-state index in [-0.39, 0.29) is 0 Å². The van der Waals surface area contributed by atoms with E-state index in [4.69, 9.17) is 17.3 Å². The Morgan fingerprint density at radius 1 is 1.14 bits per heavy atom. The number of hydrogen-bond acceptors (Lipinski definition) is 3. The van der Waals surface area contributed by atoms with Crippen LogP contribution >= 0.6 is 11.6 Å². The number of anilines is 1. The number of aromatic nitrogens is 2. The van der Waals surface area contributed by atoms with E-state index in [0.29, 0.717) is 16.5 Å². The zero-order valence-corrected chi connectivity index (χ0v) is 8.07. The molecule has 3 nitrogen and oxygen atoms in total. The van der Waals surface area contributed by atoms with Crippen LogP contribution in [0.4, 0.5) is 5.69 Å². The van der Waals surface area contributed by atoms with Crippen LogP contribution in [-0.2, 0) is 0 Å². The average Bonchev–Trinajstić information content (AvgIpc) is 2.23. The van der Waals surface area contributed by atoms with E-state index in [1.807, 2.05) is 0 Å². The van der Waals surface area contributed by atoms with Crippen molar-refractivity contribution in [1.82, 2.24) is 9.97 Å². The van der Waals surface area contributed by atoms with Crippen LogP contribution in [-0.4, -0.2) is 9.97 Å². The third-order valence-corrected chi connectivity index (χ3v) is 2.13. The largest absolute Gasteiger partial charge is 0.399 e. The minimum Gasteiger partial charge on any atom is -0.399 e. The lowest BCUT2D eigenvalue weighted by Crippen LogP contribution is -1.90. The van der Waals surface area contributed by atoms with Gasteiger partial charge in [0.25, 0.3) is 0 Å². The van der Waals surface area contributed by atoms with Crippen LogP contribution in [0.5, 0.6) is 0 Å². The maximum Gasteiger partial charge on any atom is 0.160 e. The number of hydrogen-bond donors (Lipinski definition) is 1. The third kappa shape index (κ3) is 1.67. The Morgan fingerprint density at radius 3 is 2.57 bits per heavy atom. The van der Waals surface area contributed by atoms with E-state index < -0.39 is 0 Å². The summed E-state index contributed by atoms with van der Waals surface area (Å²) >= 11 is 6.00. The number of benzene rings is 1. The second-order valence-electron chi connectivity index (χ2n) is 2.81. The average molecular weight is 206 g/mol. The van der Waals surface area contributed by atoms with E-state index >= 15 is 0 Å². The number of halogens is 1. The highest BCUT2D eigenvalue weighted by molar-refractivity contribution is 6.33. The summed E-state index contributed by atoms with van der Waals surface area (Å²) < 4.78 is 0. The van der Waals surface area contributed by atoms with Gasteiger partial charge in [0.2, 0.25) is 0 Å². The van der Waals surface area contributed by atoms with Crippen LogP contribution in [0.2, 0.25) is 5.02 Å². The van der Waals surface area contributed by atoms with Crippen molar-refractivity contribution in [3.63, 3.8) is 0 Å². The number of nitrogens with two attached hydrogens (primary N) is 1. The zero-order chi connectivity index (χ0) is 9.97. The summed E-state index contributed by atoms with van der Waals surface area (Å²) in [4.78, 5) is 8.20. The maximum absolute atomic E-state index is 6.00. The predicted octanol–water partition coefficient (Wildman–Crippen LogP) is 2.38. The number of nitrogens with zero attached hydrogens (tertiary/aromatic N) is 2. The van der Waals surface area contributed by atoms with Crippen LogP contribution in [0.15, 0.2) is 36.7 Å². The molecule has 4 heteroatoms. The molecule has 1 heterocycles. The first kappa shape index (κ1) is 8.97. The molecule has 0 bridgehead atoms. The highest BCUT2D eigenvalue weighted by Crippen LogP contribution is 2.26. The van der Waals surface area contributed by atoms with Gasteiger partial charge >= 0.3 is 0 Å². The van der Waals surface area contributed by atoms with Gasteiger partial charge in [-0.2, -0.15) is 0 Å². The normalized spacial score (nSPS) is 10.1. The zero-order valence-electron chi connectivity index (χ0n) is 7.31. The topological polar surface area (TPSA) is 51.8 Å². The van der Waals surface area contributed by atoms with Crippen molar-refractivity contribution in [2.75, 3.05) is 5.73 Å². The van der Waals surface area contributed by atoms with Crippen LogP contribution in [0.1, 0.15) is 0 Å². The van der Waals surface area contributed by atoms with E-state index in [1.54, 1.807) is 36.7 Å². The van der Waals surface area contributed by atoms with Gasteiger partial charge in [-0.05, 0) is 24.3 Å². The van der Waals surface area contributed by atoms with Gasteiger partial charge in [-0.15, -0.1) is 0 Å². The lowest BCUT2D eigenvalue weighted by Gasteiger charge is -2.02. The van der Waals surface area contributed by atoms with Crippen LogP contribution in [0.25, 0.3) is 11.4 Å². The van der Waals surface area contributed by atoms with Gasteiger partial charge in [0.05, 0.1) is 5.02 Å². The van der Waals surface area contributed by atoms with Crippen molar-refractivity contribution >= 4 is 17.3 Å². The Bertz CT molecular complexity index is 442. The first-order valence-corrected chi connectivity index (χ1v) is 4.47. The third-order valence-electron chi connectivity index (χ3n) is 1.80. The maximum atomic E-state index is 6.00. The molecule has 0 unspecified atom stereocenters. The molecule has 0 spiro atoms. The second kappa shape index (κ2) is 3.64. The highest BCUT2D eigenvalue weighted by atomic mass is 35.5. The van der Waals surface area contributed by atoms with Crippen LogP contribution in [0, 0.1) is 0 Å². The molecule has 0 fully saturated rings. The molecule has 0 saturated heterocycles. The Labute approximate surface area is 86.6 Å². The summed E-state index contributed by atoms with van der Waals surface area (Å²) in [5, 5.41) is 0.602. The standard InChI is InChI=1S/C10H8ClN3/c11-9-3-2-7(12)6-8(9)10-13-4-1-5-14-10/h1-6H,12H2. The van der Waals surface area contributed by atoms with Gasteiger partial charge in [-0.3, -0.25) is 0 Å². The second-order valence-corrected chi connectivity index (χ2v) is 3.22. The quantitative estimate of drug-likeness (QED) is 0.728. The SMILES string of the molecule is Nc1ccc(Cl)c(-c2ncccn2)c1. The van der Waals surface area contributed by atoms with Gasteiger partial charge in [0.1, 0.15) is 0 Å². The van der Waals surface area contributed by atoms with Crippen molar-refractivity contribution < 1.29 is 0 Å². The van der Waals surface area contributed by atoms with Crippen LogP contribution in [0.3, 0.4) is 0 Å². The monoisotopic (exact) mass is 205 g/mol. The fraction of sp³-hybridized carbons (Fsp3) is 0. The van der Waals surface area contributed by atoms with Gasteiger partial charge in [0.15, 0.2) is 5.82 Å². The van der Waals surface area contributed by atoms with Crippen molar-refractivity contribution in [3.8, 4) is 11.4 Å². The Morgan fingerprint density at radius 2 is 1.86 bits per heavy atom. The molecular formula is C10H8ClN3. The Hall–Kier alpha value is -1.61. The fourth-order valence-electron chi connectivity index (χ4n) is 1.15. The molecule has 2 aromatic rings. The lowest BCUT2D eigenvalue weighted by atomic mass is 10.2. The van der Waals surface area contributed by atoms with Crippen molar-refractivity contribution in [2.45, 2.75) is 0 Å². The molecule has 1 aromatic carbocycles. The van der Waals surface area contributed by atoms with E-state index in [9.17, 15) is 0 Å². The molecule has 70 valence electrons. The summed E-state index contributed by atoms with van der Waals surface area (Å²) in [7, 11) is 0. The summed E-state index contributed by atoms with van der Waals surface area (Å²) in [5.74, 6) is 0.588. The molecule has 0 aliphatic carbocycles. The smallest absolute Gasteiger partial charge is 0.160 e. The van der Waals surface area contributed by atoms with E-state index in [1.165, 1.54) is 0 Å². The summed E-state index contributed by atoms with van der Waals surface area (Å²) in [6, 6.07) is 7.00. The van der Waals surface area contributed by atoms with Gasteiger partial charge in [-0.25, -0.2) is 9.97 Å². The number of nitrogen functional groups attached to an aromatic ring is 1. The molecule has 0 radical (unpaired) electrons. The summed E-state index contributed by atoms with van der Waals surface area (Å²) in [6.45, 7) is 0. The van der Waals surface area contributed by atoms with E-state index in [2.05, 4.69) is 9.97 Å². The molecule has 2 rings (SSSR count). The van der Waals surface area contributed by atoms with Crippen molar-refractivity contribution in [3.05, 3.63) is 41.7 Å². The first-order chi connectivity index (χ1) is 6.77. The molecule has 0 aliphatic heterocycles. The van der Waals surface area contributed by atoms with Crippen molar-refractivity contribution in [1.29, 1.82) is 0 Å². The van der Waals surface area contributed by atoms with Crippen LogP contribution < -0.4 is 5.73 Å². The molecular weight excluding hydrogens is 198 g/mol. The highest BCUT2D eigenvalue weighted by Gasteiger charge is 2.05. The molecule has 0 atom stereocenters. The molecule has 0 saturated carbocycles. The van der Waals surface area contributed by atoms with E-state index in [0.717, 1.165) is 5.56 Å². The molecule has 0 aliphatic rings. The summed E-state index contributed by atoms with van der Waals surface area (Å²) in [5.41, 5.74) is 7.06. The van der Waals surface area contributed by atoms with Gasteiger partial charge < -0.3 is 5.73 Å². The summed E-state index contributed by atoms with van der Waals surface area (Å²) in [6.07, 6.45) is 3.34. The Kier molecular flexibility index (Phi) is 2.33. The van der Waals surface area contributed by atoms with Crippen molar-refractivity contribution in [2.24, 2.45) is 0 Å².